The van der Waals surface area contributed by atoms with Gasteiger partial charge in [-0.25, -0.2) is 0 Å². The number of carbonyl (C=O) groups excluding carboxylic acids is 2. The second-order valence-corrected chi connectivity index (χ2v) is 5.84. The maximum atomic E-state index is 12.1. The number of amides is 2. The number of anilines is 3. The quantitative estimate of drug-likeness (QED) is 0.582. The lowest BCUT2D eigenvalue weighted by atomic mass is 10.1. The van der Waals surface area contributed by atoms with E-state index >= 15 is 0 Å². The molecule has 120 valence electrons. The molecule has 0 saturated heterocycles. The molecule has 0 bridgehead atoms. The Bertz CT molecular complexity index is 764. The normalized spacial score (nSPS) is 10.3. The topological polar surface area (TPSA) is 84.2 Å². The molecule has 2 aromatic carbocycles. The van der Waals surface area contributed by atoms with Crippen molar-refractivity contribution in [2.24, 2.45) is 0 Å². The predicted octanol–water partition coefficient (Wildman–Crippen LogP) is 3.42. The summed E-state index contributed by atoms with van der Waals surface area (Å²) in [5.41, 5.74) is 9.68. The summed E-state index contributed by atoms with van der Waals surface area (Å²) in [6, 6.07) is 8.79. The molecule has 23 heavy (non-hydrogen) atoms. The number of halogens is 1. The molecule has 6 heteroatoms. The zero-order valence-corrected chi connectivity index (χ0v) is 13.9. The van der Waals surface area contributed by atoms with Crippen molar-refractivity contribution in [1.82, 2.24) is 0 Å². The molecule has 0 aliphatic heterocycles. The highest BCUT2D eigenvalue weighted by molar-refractivity contribution is 6.45. The summed E-state index contributed by atoms with van der Waals surface area (Å²) in [5, 5.41) is 5.43. The van der Waals surface area contributed by atoms with Crippen LogP contribution >= 0.6 is 11.6 Å². The summed E-state index contributed by atoms with van der Waals surface area (Å²) in [4.78, 5) is 24.1. The van der Waals surface area contributed by atoms with Gasteiger partial charge in [-0.05, 0) is 55.7 Å². The molecule has 0 saturated carbocycles. The van der Waals surface area contributed by atoms with Crippen LogP contribution in [0.5, 0.6) is 0 Å². The van der Waals surface area contributed by atoms with Crippen LogP contribution in [0.25, 0.3) is 0 Å². The number of aryl methyl sites for hydroxylation is 3. The van der Waals surface area contributed by atoms with Crippen molar-refractivity contribution >= 4 is 40.5 Å². The van der Waals surface area contributed by atoms with Crippen LogP contribution in [0.1, 0.15) is 16.7 Å². The Morgan fingerprint density at radius 1 is 0.957 bits per heavy atom. The maximum absolute atomic E-state index is 12.1. The summed E-state index contributed by atoms with van der Waals surface area (Å²) in [7, 11) is 0. The van der Waals surface area contributed by atoms with Crippen molar-refractivity contribution in [3.05, 3.63) is 52.0 Å². The van der Waals surface area contributed by atoms with E-state index in [2.05, 4.69) is 10.6 Å². The first kappa shape index (κ1) is 16.8. The molecule has 0 unspecified atom stereocenters. The van der Waals surface area contributed by atoms with Gasteiger partial charge in [0.1, 0.15) is 0 Å². The summed E-state index contributed by atoms with van der Waals surface area (Å²) >= 11 is 6.12. The van der Waals surface area contributed by atoms with Gasteiger partial charge >= 0.3 is 11.8 Å². The van der Waals surface area contributed by atoms with Crippen molar-refractivity contribution in [2.75, 3.05) is 16.4 Å². The summed E-state index contributed by atoms with van der Waals surface area (Å²) in [6.07, 6.45) is 0. The molecule has 0 heterocycles. The average Bonchev–Trinajstić information content (AvgIpc) is 2.46. The number of hydrogen-bond acceptors (Lipinski definition) is 3. The Morgan fingerprint density at radius 3 is 2.26 bits per heavy atom. The van der Waals surface area contributed by atoms with E-state index in [1.165, 1.54) is 0 Å². The van der Waals surface area contributed by atoms with E-state index in [-0.39, 0.29) is 0 Å². The highest BCUT2D eigenvalue weighted by Crippen LogP contribution is 2.27. The van der Waals surface area contributed by atoms with E-state index in [1.807, 2.05) is 32.9 Å². The standard InChI is InChI=1S/C17H18ClN3O2/c1-9-4-5-13(19)14(8-9)20-16(22)17(23)21-15-11(3)6-10(2)7-12(15)18/h4-8H,19H2,1-3H3,(H,20,22)(H,21,23). The molecule has 4 N–H and O–H groups in total. The first-order chi connectivity index (χ1) is 10.8. The molecule has 5 nitrogen and oxygen atoms in total. The fourth-order valence-electron chi connectivity index (χ4n) is 2.20. The van der Waals surface area contributed by atoms with Gasteiger partial charge in [0.15, 0.2) is 0 Å². The van der Waals surface area contributed by atoms with Crippen LogP contribution in [0, 0.1) is 20.8 Å². The van der Waals surface area contributed by atoms with Crippen LogP contribution < -0.4 is 16.4 Å². The maximum Gasteiger partial charge on any atom is 0.314 e. The summed E-state index contributed by atoms with van der Waals surface area (Å²) in [5.74, 6) is -1.61. The number of nitrogens with two attached hydrogens (primary N) is 1. The average molecular weight is 332 g/mol. The number of carbonyl (C=O) groups is 2. The molecule has 2 aromatic rings. The van der Waals surface area contributed by atoms with Crippen LogP contribution in [-0.4, -0.2) is 11.8 Å². The molecule has 0 fully saturated rings. The lowest BCUT2D eigenvalue weighted by Crippen LogP contribution is -2.29. The lowest BCUT2D eigenvalue weighted by Gasteiger charge is -2.12. The van der Waals surface area contributed by atoms with Gasteiger partial charge in [-0.15, -0.1) is 0 Å². The monoisotopic (exact) mass is 331 g/mol. The molecule has 0 radical (unpaired) electrons. The van der Waals surface area contributed by atoms with E-state index in [9.17, 15) is 9.59 Å². The first-order valence-electron chi connectivity index (χ1n) is 7.03. The molecule has 2 rings (SSSR count). The molecule has 0 aliphatic carbocycles. The van der Waals surface area contributed by atoms with Gasteiger partial charge in [0.25, 0.3) is 0 Å². The number of nitrogen functional groups attached to an aromatic ring is 1. The third-order valence-corrected chi connectivity index (χ3v) is 3.63. The highest BCUT2D eigenvalue weighted by atomic mass is 35.5. The van der Waals surface area contributed by atoms with Crippen LogP contribution in [0.4, 0.5) is 17.1 Å². The Hall–Kier alpha value is -2.53. The minimum atomic E-state index is -0.807. The number of hydrogen-bond donors (Lipinski definition) is 3. The van der Waals surface area contributed by atoms with Crippen molar-refractivity contribution in [1.29, 1.82) is 0 Å². The fourth-order valence-corrected chi connectivity index (χ4v) is 2.57. The van der Waals surface area contributed by atoms with Gasteiger partial charge in [0.05, 0.1) is 22.1 Å². The molecular weight excluding hydrogens is 314 g/mol. The van der Waals surface area contributed by atoms with Crippen molar-refractivity contribution < 1.29 is 9.59 Å². The van der Waals surface area contributed by atoms with Gasteiger partial charge in [-0.2, -0.15) is 0 Å². The van der Waals surface area contributed by atoms with E-state index < -0.39 is 11.8 Å². The Balaban J connectivity index is 2.15. The third kappa shape index (κ3) is 4.02. The van der Waals surface area contributed by atoms with Crippen LogP contribution in [0.3, 0.4) is 0 Å². The lowest BCUT2D eigenvalue weighted by molar-refractivity contribution is -0.132. The van der Waals surface area contributed by atoms with Gasteiger partial charge < -0.3 is 16.4 Å². The Labute approximate surface area is 139 Å². The highest BCUT2D eigenvalue weighted by Gasteiger charge is 2.17. The molecule has 0 aliphatic rings. The van der Waals surface area contributed by atoms with Crippen LogP contribution in [0.15, 0.2) is 30.3 Å². The van der Waals surface area contributed by atoms with Gasteiger partial charge in [-0.3, -0.25) is 9.59 Å². The zero-order chi connectivity index (χ0) is 17.1. The van der Waals surface area contributed by atoms with Gasteiger partial charge in [0.2, 0.25) is 0 Å². The van der Waals surface area contributed by atoms with Crippen molar-refractivity contribution in [2.45, 2.75) is 20.8 Å². The van der Waals surface area contributed by atoms with E-state index in [4.69, 9.17) is 17.3 Å². The molecule has 2 amide bonds. The molecule has 0 aromatic heterocycles. The Morgan fingerprint density at radius 2 is 1.61 bits per heavy atom. The summed E-state index contributed by atoms with van der Waals surface area (Å²) in [6.45, 7) is 5.58. The van der Waals surface area contributed by atoms with Crippen LogP contribution in [-0.2, 0) is 9.59 Å². The van der Waals surface area contributed by atoms with Gasteiger partial charge in [-0.1, -0.05) is 23.7 Å². The first-order valence-corrected chi connectivity index (χ1v) is 7.41. The number of nitrogens with one attached hydrogen (secondary N) is 2. The van der Waals surface area contributed by atoms with E-state index in [0.717, 1.165) is 16.7 Å². The fraction of sp³-hybridized carbons (Fsp3) is 0.176. The van der Waals surface area contributed by atoms with Crippen molar-refractivity contribution in [3.63, 3.8) is 0 Å². The summed E-state index contributed by atoms with van der Waals surface area (Å²) < 4.78 is 0. The zero-order valence-electron chi connectivity index (χ0n) is 13.2. The largest absolute Gasteiger partial charge is 0.397 e. The van der Waals surface area contributed by atoms with Crippen molar-refractivity contribution in [3.8, 4) is 0 Å². The minimum Gasteiger partial charge on any atom is -0.397 e. The van der Waals surface area contributed by atoms with E-state index in [0.29, 0.717) is 22.1 Å². The predicted molar refractivity (Wildman–Crippen MR) is 93.8 cm³/mol. The Kier molecular flexibility index (Phi) is 4.91. The van der Waals surface area contributed by atoms with Gasteiger partial charge in [0, 0.05) is 0 Å². The molecule has 0 atom stereocenters. The second kappa shape index (κ2) is 6.71. The third-order valence-electron chi connectivity index (χ3n) is 3.33. The smallest absolute Gasteiger partial charge is 0.314 e. The second-order valence-electron chi connectivity index (χ2n) is 5.44. The van der Waals surface area contributed by atoms with E-state index in [1.54, 1.807) is 18.2 Å². The molecule has 0 spiro atoms. The number of rotatable bonds is 2. The number of benzene rings is 2. The minimum absolute atomic E-state index is 0.388. The molecular formula is C17H18ClN3O2. The SMILES string of the molecule is Cc1cc(C)c(NC(=O)C(=O)Nc2cc(C)ccc2N)c(Cl)c1. The van der Waals surface area contributed by atoms with Crippen LogP contribution in [0.2, 0.25) is 5.02 Å².